The van der Waals surface area contributed by atoms with Crippen molar-refractivity contribution in [2.45, 2.75) is 53.0 Å². The summed E-state index contributed by atoms with van der Waals surface area (Å²) in [6.07, 6.45) is 3.55. The summed E-state index contributed by atoms with van der Waals surface area (Å²) in [4.78, 5) is 0. The molecule has 108 valence electrons. The average molecular weight is 263 g/mol. The lowest BCUT2D eigenvalue weighted by atomic mass is 9.83. The Kier molecular flexibility index (Phi) is 6.36. The molecule has 1 atom stereocenters. The molecule has 0 aromatic heterocycles. The molecule has 0 amide bonds. The molecule has 1 aromatic rings. The van der Waals surface area contributed by atoms with Gasteiger partial charge in [0.1, 0.15) is 5.75 Å². The van der Waals surface area contributed by atoms with Gasteiger partial charge in [0.15, 0.2) is 0 Å². The molecular weight excluding hydrogens is 234 g/mol. The number of hydrogen-bond donors (Lipinski definition) is 1. The molecule has 0 spiro atoms. The molecule has 19 heavy (non-hydrogen) atoms. The second kappa shape index (κ2) is 7.54. The monoisotopic (exact) mass is 263 g/mol. The molecule has 0 aliphatic heterocycles. The van der Waals surface area contributed by atoms with Crippen molar-refractivity contribution in [3.63, 3.8) is 0 Å². The van der Waals surface area contributed by atoms with E-state index in [0.29, 0.717) is 11.5 Å². The van der Waals surface area contributed by atoms with Crippen molar-refractivity contribution < 1.29 is 4.74 Å². The van der Waals surface area contributed by atoms with Gasteiger partial charge in [-0.1, -0.05) is 39.8 Å². The van der Waals surface area contributed by atoms with E-state index in [1.807, 2.05) is 6.07 Å². The molecule has 0 saturated carbocycles. The van der Waals surface area contributed by atoms with E-state index in [0.717, 1.165) is 18.7 Å². The largest absolute Gasteiger partial charge is 0.497 e. The highest BCUT2D eigenvalue weighted by Crippen LogP contribution is 2.24. The minimum Gasteiger partial charge on any atom is -0.497 e. The lowest BCUT2D eigenvalue weighted by molar-refractivity contribution is 0.254. The number of hydrogen-bond acceptors (Lipinski definition) is 2. The van der Waals surface area contributed by atoms with Gasteiger partial charge in [-0.25, -0.2) is 0 Å². The molecule has 2 nitrogen and oxygen atoms in total. The van der Waals surface area contributed by atoms with Crippen molar-refractivity contribution in [2.24, 2.45) is 5.41 Å². The number of rotatable bonds is 7. The zero-order chi connectivity index (χ0) is 14.3. The summed E-state index contributed by atoms with van der Waals surface area (Å²) in [7, 11) is 1.72. The van der Waals surface area contributed by atoms with Crippen molar-refractivity contribution in [3.8, 4) is 5.75 Å². The Morgan fingerprint density at radius 1 is 1.26 bits per heavy atom. The van der Waals surface area contributed by atoms with Crippen molar-refractivity contribution in [1.82, 2.24) is 5.32 Å². The number of methoxy groups -OCH3 is 1. The van der Waals surface area contributed by atoms with Crippen molar-refractivity contribution in [1.29, 1.82) is 0 Å². The predicted octanol–water partition coefficient (Wildman–Crippen LogP) is 4.04. The highest BCUT2D eigenvalue weighted by molar-refractivity contribution is 5.28. The van der Waals surface area contributed by atoms with Crippen LogP contribution in [0.25, 0.3) is 0 Å². The molecule has 0 aliphatic carbocycles. The lowest BCUT2D eigenvalue weighted by Gasteiger charge is -2.31. The molecular formula is C17H29NO. The van der Waals surface area contributed by atoms with Crippen LogP contribution < -0.4 is 10.1 Å². The molecule has 0 bridgehead atoms. The number of ether oxygens (including phenoxy) is 1. The normalized spacial score (nSPS) is 13.3. The fraction of sp³-hybridized carbons (Fsp3) is 0.647. The van der Waals surface area contributed by atoms with Gasteiger partial charge in [0.05, 0.1) is 7.11 Å². The second-order valence-electron chi connectivity index (χ2n) is 6.22. The average Bonchev–Trinajstić information content (AvgIpc) is 2.37. The Morgan fingerprint density at radius 3 is 2.58 bits per heavy atom. The van der Waals surface area contributed by atoms with Crippen LogP contribution in [0.3, 0.4) is 0 Å². The standard InChI is InChI=1S/C17H29NO/c1-6-18-16(17(2,3)4)12-8-10-14-9-7-11-15(13-14)19-5/h7,9,11,13,16,18H,6,8,10,12H2,1-5H3. The summed E-state index contributed by atoms with van der Waals surface area (Å²) < 4.78 is 5.26. The topological polar surface area (TPSA) is 21.3 Å². The van der Waals surface area contributed by atoms with Crippen LogP contribution in [0, 0.1) is 5.41 Å². The van der Waals surface area contributed by atoms with E-state index in [2.05, 4.69) is 51.2 Å². The third-order valence-electron chi connectivity index (χ3n) is 3.59. The zero-order valence-corrected chi connectivity index (χ0v) is 13.1. The summed E-state index contributed by atoms with van der Waals surface area (Å²) in [6.45, 7) is 10.2. The number of nitrogens with one attached hydrogen (secondary N) is 1. The Hall–Kier alpha value is -1.02. The van der Waals surface area contributed by atoms with Gasteiger partial charge in [-0.15, -0.1) is 0 Å². The van der Waals surface area contributed by atoms with Crippen LogP contribution >= 0.6 is 0 Å². The molecule has 0 aliphatic rings. The highest BCUT2D eigenvalue weighted by atomic mass is 16.5. The third-order valence-corrected chi connectivity index (χ3v) is 3.59. The highest BCUT2D eigenvalue weighted by Gasteiger charge is 2.22. The van der Waals surface area contributed by atoms with Gasteiger partial charge < -0.3 is 10.1 Å². The van der Waals surface area contributed by atoms with Gasteiger partial charge in [-0.3, -0.25) is 0 Å². The first-order chi connectivity index (χ1) is 8.97. The van der Waals surface area contributed by atoms with Crippen LogP contribution in [-0.4, -0.2) is 19.7 Å². The smallest absolute Gasteiger partial charge is 0.119 e. The minimum absolute atomic E-state index is 0.324. The Balaban J connectivity index is 2.47. The van der Waals surface area contributed by atoms with Crippen molar-refractivity contribution in [3.05, 3.63) is 29.8 Å². The van der Waals surface area contributed by atoms with Gasteiger partial charge in [-0.2, -0.15) is 0 Å². The molecule has 0 heterocycles. The summed E-state index contributed by atoms with van der Waals surface area (Å²) in [6, 6.07) is 8.98. The van der Waals surface area contributed by atoms with E-state index in [4.69, 9.17) is 4.74 Å². The molecule has 1 unspecified atom stereocenters. The molecule has 1 N–H and O–H groups in total. The van der Waals surface area contributed by atoms with E-state index < -0.39 is 0 Å². The van der Waals surface area contributed by atoms with Gasteiger partial charge in [0.2, 0.25) is 0 Å². The Bertz CT molecular complexity index is 368. The molecule has 0 radical (unpaired) electrons. The quantitative estimate of drug-likeness (QED) is 0.801. The van der Waals surface area contributed by atoms with Gasteiger partial charge >= 0.3 is 0 Å². The number of aryl methyl sites for hydroxylation is 1. The van der Waals surface area contributed by atoms with Gasteiger partial charge in [-0.05, 0) is 48.9 Å². The summed E-state index contributed by atoms with van der Waals surface area (Å²) in [5, 5.41) is 3.61. The fourth-order valence-electron chi connectivity index (χ4n) is 2.43. The Labute approximate surface area is 118 Å². The molecule has 0 fully saturated rings. The molecule has 1 aromatic carbocycles. The van der Waals surface area contributed by atoms with E-state index >= 15 is 0 Å². The predicted molar refractivity (Wildman–Crippen MR) is 82.9 cm³/mol. The van der Waals surface area contributed by atoms with Gasteiger partial charge in [0.25, 0.3) is 0 Å². The van der Waals surface area contributed by atoms with E-state index in [1.54, 1.807) is 7.11 Å². The summed E-state index contributed by atoms with van der Waals surface area (Å²) >= 11 is 0. The van der Waals surface area contributed by atoms with E-state index in [1.165, 1.54) is 18.4 Å². The lowest BCUT2D eigenvalue weighted by Crippen LogP contribution is -2.40. The maximum atomic E-state index is 5.26. The van der Waals surface area contributed by atoms with Gasteiger partial charge in [0, 0.05) is 6.04 Å². The first-order valence-corrected chi connectivity index (χ1v) is 7.33. The minimum atomic E-state index is 0.324. The second-order valence-corrected chi connectivity index (χ2v) is 6.22. The first-order valence-electron chi connectivity index (χ1n) is 7.33. The van der Waals surface area contributed by atoms with Crippen molar-refractivity contribution in [2.75, 3.05) is 13.7 Å². The van der Waals surface area contributed by atoms with Crippen LogP contribution in [-0.2, 0) is 6.42 Å². The fourth-order valence-corrected chi connectivity index (χ4v) is 2.43. The first kappa shape index (κ1) is 16.0. The van der Waals surface area contributed by atoms with Crippen LogP contribution in [0.15, 0.2) is 24.3 Å². The van der Waals surface area contributed by atoms with E-state index in [-0.39, 0.29) is 0 Å². The van der Waals surface area contributed by atoms with Crippen LogP contribution in [0.2, 0.25) is 0 Å². The summed E-state index contributed by atoms with van der Waals surface area (Å²) in [5.74, 6) is 0.955. The molecule has 0 saturated heterocycles. The summed E-state index contributed by atoms with van der Waals surface area (Å²) in [5.41, 5.74) is 1.69. The Morgan fingerprint density at radius 2 is 2.00 bits per heavy atom. The maximum Gasteiger partial charge on any atom is 0.119 e. The third kappa shape index (κ3) is 5.65. The van der Waals surface area contributed by atoms with Crippen LogP contribution in [0.1, 0.15) is 46.1 Å². The number of benzene rings is 1. The van der Waals surface area contributed by atoms with Crippen molar-refractivity contribution >= 4 is 0 Å². The maximum absolute atomic E-state index is 5.26. The SMILES string of the molecule is CCNC(CCCc1cccc(OC)c1)C(C)(C)C. The van der Waals surface area contributed by atoms with Crippen LogP contribution in [0.5, 0.6) is 5.75 Å². The molecule has 1 rings (SSSR count). The zero-order valence-electron chi connectivity index (χ0n) is 13.1. The van der Waals surface area contributed by atoms with Crippen LogP contribution in [0.4, 0.5) is 0 Å². The van der Waals surface area contributed by atoms with E-state index in [9.17, 15) is 0 Å². The molecule has 2 heteroatoms.